The fourth-order valence-electron chi connectivity index (χ4n) is 2.46. The molecule has 0 radical (unpaired) electrons. The SMILES string of the molecule is Cc1cc(OCC(=O)N/N=C\c2ccc(N(C)C)cc2)c(C(C)C)cc1Br. The van der Waals surface area contributed by atoms with Crippen LogP contribution in [0, 0.1) is 6.92 Å². The van der Waals surface area contributed by atoms with Gasteiger partial charge in [-0.2, -0.15) is 5.10 Å². The van der Waals surface area contributed by atoms with Crippen LogP contribution in [0.25, 0.3) is 0 Å². The van der Waals surface area contributed by atoms with Gasteiger partial charge in [0.05, 0.1) is 6.21 Å². The number of aryl methyl sites for hydroxylation is 1. The summed E-state index contributed by atoms with van der Waals surface area (Å²) in [7, 11) is 3.97. The fourth-order valence-corrected chi connectivity index (χ4v) is 2.82. The zero-order chi connectivity index (χ0) is 20.0. The number of ether oxygens (including phenoxy) is 1. The van der Waals surface area contributed by atoms with Crippen molar-refractivity contribution >= 4 is 33.7 Å². The van der Waals surface area contributed by atoms with Gasteiger partial charge in [-0.25, -0.2) is 5.43 Å². The minimum atomic E-state index is -0.300. The van der Waals surface area contributed by atoms with Gasteiger partial charge < -0.3 is 9.64 Å². The van der Waals surface area contributed by atoms with Crippen LogP contribution >= 0.6 is 15.9 Å². The molecule has 144 valence electrons. The highest BCUT2D eigenvalue weighted by Gasteiger charge is 2.12. The molecule has 0 fully saturated rings. The summed E-state index contributed by atoms with van der Waals surface area (Å²) in [5.74, 6) is 0.721. The summed E-state index contributed by atoms with van der Waals surface area (Å²) in [5.41, 5.74) is 6.64. The minimum absolute atomic E-state index is 0.0856. The van der Waals surface area contributed by atoms with Gasteiger partial charge in [-0.1, -0.05) is 41.9 Å². The Hall–Kier alpha value is -2.34. The van der Waals surface area contributed by atoms with E-state index in [0.717, 1.165) is 32.6 Å². The maximum absolute atomic E-state index is 12.0. The second kappa shape index (κ2) is 9.55. The average Bonchev–Trinajstić information content (AvgIpc) is 2.62. The number of hydrazone groups is 1. The molecule has 2 aromatic carbocycles. The molecule has 1 N–H and O–H groups in total. The molecule has 2 aromatic rings. The van der Waals surface area contributed by atoms with Gasteiger partial charge in [-0.3, -0.25) is 4.79 Å². The molecule has 6 heteroatoms. The fraction of sp³-hybridized carbons (Fsp3) is 0.333. The third-order valence-corrected chi connectivity index (χ3v) is 4.94. The van der Waals surface area contributed by atoms with E-state index in [2.05, 4.69) is 40.3 Å². The molecular formula is C21H26BrN3O2. The molecular weight excluding hydrogens is 406 g/mol. The lowest BCUT2D eigenvalue weighted by Crippen LogP contribution is -2.25. The van der Waals surface area contributed by atoms with Gasteiger partial charge in [-0.05, 0) is 53.8 Å². The summed E-state index contributed by atoms with van der Waals surface area (Å²) in [6, 6.07) is 11.9. The number of carbonyl (C=O) groups is 1. The Kier molecular flexibility index (Phi) is 7.42. The monoisotopic (exact) mass is 431 g/mol. The first-order valence-corrected chi connectivity index (χ1v) is 9.59. The molecule has 0 aliphatic carbocycles. The van der Waals surface area contributed by atoms with Crippen LogP contribution in [0.5, 0.6) is 5.75 Å². The first kappa shape index (κ1) is 21.0. The summed E-state index contributed by atoms with van der Waals surface area (Å²) in [6.45, 7) is 6.09. The molecule has 0 spiro atoms. The van der Waals surface area contributed by atoms with Gasteiger partial charge in [0.15, 0.2) is 6.61 Å². The highest BCUT2D eigenvalue weighted by Crippen LogP contribution is 2.32. The van der Waals surface area contributed by atoms with E-state index in [-0.39, 0.29) is 12.5 Å². The third-order valence-electron chi connectivity index (χ3n) is 4.08. The smallest absolute Gasteiger partial charge is 0.277 e. The number of anilines is 1. The molecule has 5 nitrogen and oxygen atoms in total. The van der Waals surface area contributed by atoms with E-state index >= 15 is 0 Å². The molecule has 0 aliphatic heterocycles. The van der Waals surface area contributed by atoms with Crippen molar-refractivity contribution in [2.24, 2.45) is 5.10 Å². The van der Waals surface area contributed by atoms with Crippen molar-refractivity contribution in [2.75, 3.05) is 25.6 Å². The van der Waals surface area contributed by atoms with E-state index in [1.807, 2.05) is 62.3 Å². The largest absolute Gasteiger partial charge is 0.483 e. The summed E-state index contributed by atoms with van der Waals surface area (Å²) < 4.78 is 6.76. The van der Waals surface area contributed by atoms with Gasteiger partial charge in [-0.15, -0.1) is 0 Å². The molecule has 27 heavy (non-hydrogen) atoms. The van der Waals surface area contributed by atoms with Crippen LogP contribution in [0.1, 0.15) is 36.5 Å². The highest BCUT2D eigenvalue weighted by molar-refractivity contribution is 9.10. The molecule has 1 amide bonds. The molecule has 0 heterocycles. The number of nitrogens with zero attached hydrogens (tertiary/aromatic N) is 2. The lowest BCUT2D eigenvalue weighted by atomic mass is 10.0. The van der Waals surface area contributed by atoms with Gasteiger partial charge in [0, 0.05) is 24.3 Å². The van der Waals surface area contributed by atoms with Gasteiger partial charge in [0.1, 0.15) is 5.75 Å². The van der Waals surface area contributed by atoms with E-state index in [0.29, 0.717) is 5.92 Å². The van der Waals surface area contributed by atoms with Crippen molar-refractivity contribution < 1.29 is 9.53 Å². The molecule has 0 unspecified atom stereocenters. The highest BCUT2D eigenvalue weighted by atomic mass is 79.9. The van der Waals surface area contributed by atoms with Gasteiger partial charge in [0.25, 0.3) is 5.91 Å². The normalized spacial score (nSPS) is 11.1. The standard InChI is InChI=1S/C21H26BrN3O2/c1-14(2)18-11-19(22)15(3)10-20(18)27-13-21(26)24-23-12-16-6-8-17(9-7-16)25(4)5/h6-12,14H,13H2,1-5H3,(H,24,26)/b23-12-. The topological polar surface area (TPSA) is 53.9 Å². The van der Waals surface area contributed by atoms with E-state index in [1.54, 1.807) is 6.21 Å². The van der Waals surface area contributed by atoms with E-state index in [1.165, 1.54) is 0 Å². The second-order valence-corrected chi connectivity index (χ2v) is 7.72. The molecule has 0 aromatic heterocycles. The summed E-state index contributed by atoms with van der Waals surface area (Å²) in [6.07, 6.45) is 1.61. The van der Waals surface area contributed by atoms with Crippen LogP contribution in [0.3, 0.4) is 0 Å². The maximum atomic E-state index is 12.0. The number of halogens is 1. The van der Waals surface area contributed by atoms with Crippen molar-refractivity contribution in [1.82, 2.24) is 5.43 Å². The molecule has 0 saturated heterocycles. The first-order chi connectivity index (χ1) is 12.8. The van der Waals surface area contributed by atoms with Crippen molar-refractivity contribution in [1.29, 1.82) is 0 Å². The number of hydrogen-bond donors (Lipinski definition) is 1. The molecule has 0 bridgehead atoms. The third kappa shape index (κ3) is 6.10. The van der Waals surface area contributed by atoms with Gasteiger partial charge in [0.2, 0.25) is 0 Å². The Bertz CT molecular complexity index is 815. The van der Waals surface area contributed by atoms with Crippen LogP contribution < -0.4 is 15.1 Å². The van der Waals surface area contributed by atoms with Crippen LogP contribution in [0.4, 0.5) is 5.69 Å². The summed E-state index contributed by atoms with van der Waals surface area (Å²) in [5, 5.41) is 3.99. The van der Waals surface area contributed by atoms with Crippen molar-refractivity contribution in [3.05, 3.63) is 57.6 Å². The Morgan fingerprint density at radius 2 is 1.93 bits per heavy atom. The number of nitrogens with one attached hydrogen (secondary N) is 1. The van der Waals surface area contributed by atoms with Gasteiger partial charge >= 0.3 is 0 Å². The predicted molar refractivity (Wildman–Crippen MR) is 115 cm³/mol. The lowest BCUT2D eigenvalue weighted by Gasteiger charge is -2.15. The zero-order valence-electron chi connectivity index (χ0n) is 16.4. The lowest BCUT2D eigenvalue weighted by molar-refractivity contribution is -0.123. The quantitative estimate of drug-likeness (QED) is 0.519. The zero-order valence-corrected chi connectivity index (χ0v) is 18.0. The molecule has 0 saturated carbocycles. The maximum Gasteiger partial charge on any atom is 0.277 e. The first-order valence-electron chi connectivity index (χ1n) is 8.80. The van der Waals surface area contributed by atoms with Crippen LogP contribution in [0.15, 0.2) is 46.0 Å². The number of carbonyl (C=O) groups excluding carboxylic acids is 1. The number of hydrogen-bond acceptors (Lipinski definition) is 4. The Labute approximate surface area is 169 Å². The van der Waals surface area contributed by atoms with Crippen LogP contribution in [-0.2, 0) is 4.79 Å². The van der Waals surface area contributed by atoms with E-state index < -0.39 is 0 Å². The Morgan fingerprint density at radius 1 is 1.26 bits per heavy atom. The van der Waals surface area contributed by atoms with Crippen LogP contribution in [-0.4, -0.2) is 32.8 Å². The molecule has 0 atom stereocenters. The molecule has 0 aliphatic rings. The number of benzene rings is 2. The van der Waals surface area contributed by atoms with E-state index in [9.17, 15) is 4.79 Å². The Balaban J connectivity index is 1.92. The van der Waals surface area contributed by atoms with Crippen molar-refractivity contribution in [2.45, 2.75) is 26.7 Å². The average molecular weight is 432 g/mol. The number of rotatable bonds is 7. The van der Waals surface area contributed by atoms with Crippen molar-refractivity contribution in [3.63, 3.8) is 0 Å². The predicted octanol–water partition coefficient (Wildman–Crippen LogP) is 4.48. The summed E-state index contributed by atoms with van der Waals surface area (Å²) in [4.78, 5) is 14.0. The van der Waals surface area contributed by atoms with E-state index in [4.69, 9.17) is 4.74 Å². The van der Waals surface area contributed by atoms with Crippen molar-refractivity contribution in [3.8, 4) is 5.75 Å². The minimum Gasteiger partial charge on any atom is -0.483 e. The second-order valence-electron chi connectivity index (χ2n) is 6.86. The molecule has 2 rings (SSSR count). The summed E-state index contributed by atoms with van der Waals surface area (Å²) >= 11 is 3.54. The van der Waals surface area contributed by atoms with Crippen LogP contribution in [0.2, 0.25) is 0 Å². The number of amides is 1. The Morgan fingerprint density at radius 3 is 2.52 bits per heavy atom.